The van der Waals surface area contributed by atoms with Crippen LogP contribution in [0.2, 0.25) is 5.02 Å². The number of nitrogens with zero attached hydrogens (tertiary/aromatic N) is 5. The Bertz CT molecular complexity index is 1610. The summed E-state index contributed by atoms with van der Waals surface area (Å²) >= 11 is 6.31. The first kappa shape index (κ1) is 23.7. The maximum Gasteiger partial charge on any atom is 0.277 e. The summed E-state index contributed by atoms with van der Waals surface area (Å²) < 4.78 is 51.7. The highest BCUT2D eigenvalue weighted by molar-refractivity contribution is 6.31. The van der Waals surface area contributed by atoms with Crippen molar-refractivity contribution >= 4 is 11.6 Å². The molecule has 194 valence electrons. The lowest BCUT2D eigenvalue weighted by Crippen LogP contribution is -2.24. The predicted molar refractivity (Wildman–Crippen MR) is 134 cm³/mol. The minimum atomic E-state index is -2.86. The zero-order chi connectivity index (χ0) is 28.7. The molecule has 0 atom stereocenters. The van der Waals surface area contributed by atoms with Crippen LogP contribution in [0.5, 0.6) is 5.75 Å². The Hall–Kier alpha value is -3.63. The zero-order valence-corrected chi connectivity index (χ0v) is 21.3. The molecule has 1 N–H and O–H groups in total. The number of aromatic nitrogens is 5. The van der Waals surface area contributed by atoms with Crippen LogP contribution < -0.4 is 10.3 Å². The molecular weight excluding hydrogens is 504 g/mol. The van der Waals surface area contributed by atoms with E-state index in [0.717, 1.165) is 0 Å². The lowest BCUT2D eigenvalue weighted by atomic mass is 9.94. The number of rotatable bonds is 8. The Morgan fingerprint density at radius 1 is 1.16 bits per heavy atom. The average Bonchev–Trinajstić information content (AvgIpc) is 3.38. The highest BCUT2D eigenvalue weighted by atomic mass is 35.5. The number of halogens is 3. The first-order valence-electron chi connectivity index (χ1n) is 12.5. The maximum absolute atomic E-state index is 14.2. The number of hydrogen-bond donors (Lipinski definition) is 1. The Morgan fingerprint density at radius 3 is 2.57 bits per heavy atom. The summed E-state index contributed by atoms with van der Waals surface area (Å²) in [5, 5.41) is 14.8. The van der Waals surface area contributed by atoms with Crippen molar-refractivity contribution in [2.75, 3.05) is 0 Å². The van der Waals surface area contributed by atoms with Gasteiger partial charge in [-0.05, 0) is 38.3 Å². The second-order valence-electron chi connectivity index (χ2n) is 8.51. The highest BCUT2D eigenvalue weighted by Gasteiger charge is 2.28. The summed E-state index contributed by atoms with van der Waals surface area (Å²) in [6.07, 6.45) is 4.84. The van der Waals surface area contributed by atoms with Crippen molar-refractivity contribution in [2.45, 2.75) is 52.7 Å². The van der Waals surface area contributed by atoms with Gasteiger partial charge in [0.1, 0.15) is 34.4 Å². The van der Waals surface area contributed by atoms with Crippen LogP contribution in [0.1, 0.15) is 52.1 Å². The van der Waals surface area contributed by atoms with Crippen molar-refractivity contribution in [3.05, 3.63) is 92.5 Å². The van der Waals surface area contributed by atoms with E-state index in [2.05, 4.69) is 15.1 Å². The van der Waals surface area contributed by atoms with Crippen molar-refractivity contribution in [1.29, 1.82) is 0 Å². The van der Waals surface area contributed by atoms with Crippen LogP contribution in [0, 0.1) is 25.5 Å². The normalized spacial score (nSPS) is 12.9. The molecule has 0 unspecified atom stereocenters. The Kier molecular flexibility index (Phi) is 6.67. The molecule has 0 amide bonds. The summed E-state index contributed by atoms with van der Waals surface area (Å²) in [4.78, 5) is 21.2. The second-order valence-corrected chi connectivity index (χ2v) is 8.88. The van der Waals surface area contributed by atoms with Gasteiger partial charge in [0.15, 0.2) is 11.6 Å². The van der Waals surface area contributed by atoms with Gasteiger partial charge in [-0.2, -0.15) is 5.10 Å². The molecule has 0 aliphatic carbocycles. The molecule has 4 aromatic rings. The Labute approximate surface area is 220 Å². The number of aryl methyl sites for hydroxylation is 2. The van der Waals surface area contributed by atoms with Gasteiger partial charge in [-0.3, -0.25) is 14.3 Å². The minimum Gasteiger partial charge on any atom is -0.485 e. The summed E-state index contributed by atoms with van der Waals surface area (Å²) in [5.74, 6) is -2.19. The van der Waals surface area contributed by atoms with Crippen LogP contribution in [0.25, 0.3) is 11.5 Å². The third-order valence-electron chi connectivity index (χ3n) is 6.14. The molecule has 0 saturated carbocycles. The smallest absolute Gasteiger partial charge is 0.277 e. The molecule has 11 heteroatoms. The lowest BCUT2D eigenvalue weighted by molar-refractivity contribution is 0.0236. The van der Waals surface area contributed by atoms with Crippen LogP contribution in [0.3, 0.4) is 0 Å². The zero-order valence-electron chi connectivity index (χ0n) is 22.6. The summed E-state index contributed by atoms with van der Waals surface area (Å²) in [6.45, 7) is 4.22. The first-order valence-corrected chi connectivity index (χ1v) is 11.9. The predicted octanol–water partition coefficient (Wildman–Crippen LogP) is 4.95. The van der Waals surface area contributed by atoms with Gasteiger partial charge in [-0.1, -0.05) is 25.4 Å². The van der Waals surface area contributed by atoms with E-state index in [1.165, 1.54) is 15.3 Å². The number of hydrogen-bond acceptors (Lipinski definition) is 6. The van der Waals surface area contributed by atoms with Crippen molar-refractivity contribution in [1.82, 2.24) is 24.3 Å². The molecule has 0 aliphatic heterocycles. The van der Waals surface area contributed by atoms with Crippen molar-refractivity contribution in [3.8, 4) is 17.3 Å². The molecule has 4 aromatic heterocycles. The molecule has 4 rings (SSSR count). The molecule has 0 saturated heterocycles. The van der Waals surface area contributed by atoms with E-state index in [9.17, 15) is 18.7 Å². The van der Waals surface area contributed by atoms with Crippen LogP contribution in [0.15, 0.2) is 47.7 Å². The molecule has 37 heavy (non-hydrogen) atoms. The molecule has 0 aliphatic rings. The van der Waals surface area contributed by atoms with E-state index in [1.54, 1.807) is 38.4 Å². The summed E-state index contributed by atoms with van der Waals surface area (Å²) in [6, 6.07) is 5.15. The largest absolute Gasteiger partial charge is 0.485 e. The minimum absolute atomic E-state index is 0.329. The van der Waals surface area contributed by atoms with E-state index in [-0.39, 0.29) is 5.75 Å². The number of ether oxygens (including phenoxy) is 1. The standard InChI is InChI=1S/C26H26ClF2N5O3/c1-5-26(36,6-2)22-7-8-33(32-22)23-11-20(15(3)12-31-23)34-16(4)9-21(24(27)25(34)35)37-14-19-18(29)10-17(28)13-30-19/h7-13,36H,5-6,14H2,1-4H3/i14D2. The van der Waals surface area contributed by atoms with Gasteiger partial charge in [-0.25, -0.2) is 18.4 Å². The van der Waals surface area contributed by atoms with E-state index in [0.29, 0.717) is 53.6 Å². The Morgan fingerprint density at radius 2 is 1.89 bits per heavy atom. The second kappa shape index (κ2) is 10.4. The summed E-state index contributed by atoms with van der Waals surface area (Å²) in [5.41, 5.74) is -0.703. The molecule has 0 radical (unpaired) electrons. The van der Waals surface area contributed by atoms with Crippen LogP contribution in [-0.4, -0.2) is 29.4 Å². The highest BCUT2D eigenvalue weighted by Crippen LogP contribution is 2.28. The Balaban J connectivity index is 1.75. The SMILES string of the molecule is [2H]C([2H])(Oc1cc(C)n(-c2cc(-n3ccc(C(O)(CC)CC)n3)ncc2C)c(=O)c1Cl)c1ncc(F)cc1F. The van der Waals surface area contributed by atoms with Gasteiger partial charge in [0, 0.05) is 36.3 Å². The molecule has 0 bridgehead atoms. The van der Waals surface area contributed by atoms with Crippen LogP contribution in [0.4, 0.5) is 8.78 Å². The maximum atomic E-state index is 14.2. The topological polar surface area (TPSA) is 95.1 Å². The average molecular weight is 532 g/mol. The molecule has 8 nitrogen and oxygen atoms in total. The molecular formula is C26H26ClF2N5O3. The number of pyridine rings is 3. The van der Waals surface area contributed by atoms with Gasteiger partial charge in [0.05, 0.1) is 20.3 Å². The van der Waals surface area contributed by atoms with E-state index in [1.807, 2.05) is 13.8 Å². The third kappa shape index (κ3) is 5.12. The first-order chi connectivity index (χ1) is 18.3. The van der Waals surface area contributed by atoms with Crippen molar-refractivity contribution in [3.63, 3.8) is 0 Å². The van der Waals surface area contributed by atoms with Gasteiger partial charge < -0.3 is 9.84 Å². The van der Waals surface area contributed by atoms with Gasteiger partial charge in [0.25, 0.3) is 5.56 Å². The third-order valence-corrected chi connectivity index (χ3v) is 6.48. The fraction of sp³-hybridized carbons (Fsp3) is 0.308. The monoisotopic (exact) mass is 531 g/mol. The summed E-state index contributed by atoms with van der Waals surface area (Å²) in [7, 11) is 0. The molecule has 0 fully saturated rings. The fourth-order valence-corrected chi connectivity index (χ4v) is 4.01. The lowest BCUT2D eigenvalue weighted by Gasteiger charge is -2.22. The molecule has 4 heterocycles. The van der Waals surface area contributed by atoms with Crippen LogP contribution in [-0.2, 0) is 12.2 Å². The fourth-order valence-electron chi connectivity index (χ4n) is 3.83. The van der Waals surface area contributed by atoms with Crippen molar-refractivity contribution < 1.29 is 21.4 Å². The van der Waals surface area contributed by atoms with E-state index in [4.69, 9.17) is 19.1 Å². The van der Waals surface area contributed by atoms with Crippen molar-refractivity contribution in [2.24, 2.45) is 0 Å². The van der Waals surface area contributed by atoms with E-state index >= 15 is 0 Å². The molecule has 0 aromatic carbocycles. The van der Waals surface area contributed by atoms with Gasteiger partial charge in [0.2, 0.25) is 0 Å². The van der Waals surface area contributed by atoms with Crippen LogP contribution >= 0.6 is 11.6 Å². The van der Waals surface area contributed by atoms with Gasteiger partial charge >= 0.3 is 0 Å². The quantitative estimate of drug-likeness (QED) is 0.346. The number of aliphatic hydroxyl groups is 1. The van der Waals surface area contributed by atoms with E-state index < -0.39 is 40.1 Å². The molecule has 0 spiro atoms. The van der Waals surface area contributed by atoms with Gasteiger partial charge in [-0.15, -0.1) is 0 Å².